The predicted octanol–water partition coefficient (Wildman–Crippen LogP) is 13.4. The lowest BCUT2D eigenvalue weighted by Crippen LogP contribution is -2.03. The summed E-state index contributed by atoms with van der Waals surface area (Å²) in [7, 11) is 0. The minimum atomic E-state index is 0.591. The normalized spacial score (nSPS) is 13.9. The average Bonchev–Trinajstić information content (AvgIpc) is 3.81. The molecule has 8 aromatic carbocycles. The Morgan fingerprint density at radius 1 is 0.491 bits per heavy atom. The van der Waals surface area contributed by atoms with Crippen molar-refractivity contribution in [1.82, 2.24) is 4.57 Å². The Balaban J connectivity index is 1.03. The molecule has 270 valence electrons. The lowest BCUT2D eigenvalue weighted by atomic mass is 9.96. The molecule has 9 aromatic rings. The highest BCUT2D eigenvalue weighted by molar-refractivity contribution is 6.20. The first-order valence-corrected chi connectivity index (χ1v) is 19.5. The number of hydrogen-bond donors (Lipinski definition) is 0. The van der Waals surface area contributed by atoms with Gasteiger partial charge in [0.25, 0.3) is 0 Å². The third kappa shape index (κ3) is 6.39. The van der Waals surface area contributed by atoms with E-state index in [1.165, 1.54) is 66.3 Å². The van der Waals surface area contributed by atoms with Gasteiger partial charge in [-0.3, -0.25) is 9.98 Å². The molecule has 0 atom stereocenters. The lowest BCUT2D eigenvalue weighted by Gasteiger charge is -2.11. The number of rotatable bonds is 8. The molecule has 0 saturated carbocycles. The highest BCUT2D eigenvalue weighted by atomic mass is 15.0. The van der Waals surface area contributed by atoms with E-state index in [-0.39, 0.29) is 0 Å². The number of nitrogens with zero attached hydrogens (tertiary/aromatic N) is 3. The van der Waals surface area contributed by atoms with E-state index >= 15 is 0 Å². The number of para-hydroxylation sites is 2. The molecule has 1 aliphatic rings. The average molecular weight is 730 g/mol. The van der Waals surface area contributed by atoms with Gasteiger partial charge in [0.2, 0.25) is 0 Å². The standard InChI is InChI=1S/C54H39N3/c1-55-53(40-26-24-39(25-27-40)38-16-7-3-8-17-38)50-34-45-33-43(28-30-47(45)54(50)56-36-37-14-5-2-6-15-37)41-18-13-19-42(32-41)44-29-31-49-48-22-11-12-23-51(48)57(52(49)35-44)46-20-9-4-10-21-46/h2-33,35H,1,34,36H2/b53-50-,56-54?. The smallest absolute Gasteiger partial charge is 0.0751 e. The number of allylic oxidation sites excluding steroid dienone is 1. The number of aromatic nitrogens is 1. The molecular formula is C54H39N3. The van der Waals surface area contributed by atoms with E-state index in [4.69, 9.17) is 4.99 Å². The number of aliphatic imine (C=N–C) groups is 2. The zero-order chi connectivity index (χ0) is 38.1. The van der Waals surface area contributed by atoms with Crippen molar-refractivity contribution in [3.8, 4) is 39.1 Å². The molecule has 0 bridgehead atoms. The van der Waals surface area contributed by atoms with E-state index in [0.29, 0.717) is 6.54 Å². The van der Waals surface area contributed by atoms with Crippen LogP contribution in [0.5, 0.6) is 0 Å². The summed E-state index contributed by atoms with van der Waals surface area (Å²) in [5.41, 5.74) is 18.3. The molecule has 0 saturated heterocycles. The van der Waals surface area contributed by atoms with Gasteiger partial charge in [0.05, 0.1) is 29.0 Å². The second kappa shape index (κ2) is 14.7. The zero-order valence-electron chi connectivity index (χ0n) is 31.5. The van der Waals surface area contributed by atoms with Gasteiger partial charge in [-0.1, -0.05) is 170 Å². The summed E-state index contributed by atoms with van der Waals surface area (Å²) in [6, 6.07) is 71.5. The van der Waals surface area contributed by atoms with Crippen LogP contribution in [0.4, 0.5) is 0 Å². The number of fused-ring (bicyclic) bond motifs is 4. The molecule has 3 heteroatoms. The highest BCUT2D eigenvalue weighted by Crippen LogP contribution is 2.39. The van der Waals surface area contributed by atoms with Crippen LogP contribution >= 0.6 is 0 Å². The Morgan fingerprint density at radius 3 is 1.82 bits per heavy atom. The Labute approximate surface area is 333 Å². The zero-order valence-corrected chi connectivity index (χ0v) is 31.5. The van der Waals surface area contributed by atoms with Crippen LogP contribution in [0.3, 0.4) is 0 Å². The van der Waals surface area contributed by atoms with Crippen molar-refractivity contribution in [2.24, 2.45) is 9.98 Å². The van der Waals surface area contributed by atoms with Gasteiger partial charge < -0.3 is 4.57 Å². The van der Waals surface area contributed by atoms with Crippen LogP contribution in [0.2, 0.25) is 0 Å². The second-order valence-corrected chi connectivity index (χ2v) is 14.6. The van der Waals surface area contributed by atoms with Gasteiger partial charge >= 0.3 is 0 Å². The van der Waals surface area contributed by atoms with Crippen molar-refractivity contribution in [2.75, 3.05) is 0 Å². The van der Waals surface area contributed by atoms with Crippen LogP contribution in [0.25, 0.3) is 66.6 Å². The van der Waals surface area contributed by atoms with Gasteiger partial charge in [0.1, 0.15) is 0 Å². The van der Waals surface area contributed by atoms with E-state index < -0.39 is 0 Å². The maximum Gasteiger partial charge on any atom is 0.0751 e. The molecule has 1 aromatic heterocycles. The quantitative estimate of drug-likeness (QED) is 0.139. The molecule has 0 spiro atoms. The van der Waals surface area contributed by atoms with Gasteiger partial charge in [-0.05, 0) is 81.6 Å². The first-order valence-electron chi connectivity index (χ1n) is 19.5. The van der Waals surface area contributed by atoms with Crippen molar-refractivity contribution in [3.05, 3.63) is 228 Å². The minimum absolute atomic E-state index is 0.591. The van der Waals surface area contributed by atoms with Crippen molar-refractivity contribution < 1.29 is 0 Å². The van der Waals surface area contributed by atoms with Gasteiger partial charge in [0, 0.05) is 39.6 Å². The molecule has 0 aliphatic heterocycles. The summed E-state index contributed by atoms with van der Waals surface area (Å²) in [5.74, 6) is 0. The molecule has 1 heterocycles. The van der Waals surface area contributed by atoms with E-state index in [9.17, 15) is 0 Å². The minimum Gasteiger partial charge on any atom is -0.309 e. The SMILES string of the molecule is C=N/C(=C1/Cc2cc(-c3cccc(-c4ccc5c6ccccc6n(-c6ccccc6)c5c4)c3)ccc2C1=NCc1ccccc1)c1ccc(-c2ccccc2)cc1. The molecule has 1 aliphatic carbocycles. The van der Waals surface area contributed by atoms with Crippen LogP contribution in [-0.2, 0) is 13.0 Å². The molecule has 0 N–H and O–H groups in total. The lowest BCUT2D eigenvalue weighted by molar-refractivity contribution is 1.07. The summed E-state index contributed by atoms with van der Waals surface area (Å²) in [6.07, 6.45) is 0.728. The van der Waals surface area contributed by atoms with Crippen molar-refractivity contribution >= 4 is 39.9 Å². The molecule has 3 nitrogen and oxygen atoms in total. The van der Waals surface area contributed by atoms with Crippen molar-refractivity contribution in [2.45, 2.75) is 13.0 Å². The third-order valence-corrected chi connectivity index (χ3v) is 11.2. The summed E-state index contributed by atoms with van der Waals surface area (Å²) in [5, 5.41) is 2.51. The summed E-state index contributed by atoms with van der Waals surface area (Å²) < 4.78 is 2.38. The van der Waals surface area contributed by atoms with Crippen molar-refractivity contribution in [3.63, 3.8) is 0 Å². The molecule has 57 heavy (non-hydrogen) atoms. The molecule has 10 rings (SSSR count). The van der Waals surface area contributed by atoms with Gasteiger partial charge in [-0.2, -0.15) is 0 Å². The predicted molar refractivity (Wildman–Crippen MR) is 240 cm³/mol. The molecule has 0 unspecified atom stereocenters. The third-order valence-electron chi connectivity index (χ3n) is 11.2. The van der Waals surface area contributed by atoms with Crippen LogP contribution in [0, 0.1) is 0 Å². The number of hydrogen-bond acceptors (Lipinski definition) is 2. The Morgan fingerprint density at radius 2 is 1.07 bits per heavy atom. The van der Waals surface area contributed by atoms with E-state index in [0.717, 1.165) is 40.2 Å². The van der Waals surface area contributed by atoms with Crippen LogP contribution in [0.15, 0.2) is 216 Å². The first kappa shape index (κ1) is 34.2. The van der Waals surface area contributed by atoms with Gasteiger partial charge in [-0.25, -0.2) is 0 Å². The first-order chi connectivity index (χ1) is 28.2. The fourth-order valence-electron chi connectivity index (χ4n) is 8.41. The number of benzene rings is 8. The van der Waals surface area contributed by atoms with Gasteiger partial charge in [-0.15, -0.1) is 0 Å². The Bertz CT molecular complexity index is 2990. The summed E-state index contributed by atoms with van der Waals surface area (Å²) in [4.78, 5) is 9.94. The fraction of sp³-hybridized carbons (Fsp3) is 0.0370. The molecule has 0 amide bonds. The fourth-order valence-corrected chi connectivity index (χ4v) is 8.41. The van der Waals surface area contributed by atoms with Crippen LogP contribution < -0.4 is 0 Å². The van der Waals surface area contributed by atoms with E-state index in [1.54, 1.807) is 0 Å². The highest BCUT2D eigenvalue weighted by Gasteiger charge is 2.27. The largest absolute Gasteiger partial charge is 0.309 e. The Hall–Kier alpha value is -7.36. The second-order valence-electron chi connectivity index (χ2n) is 14.6. The topological polar surface area (TPSA) is 29.6 Å². The van der Waals surface area contributed by atoms with Gasteiger partial charge in [0.15, 0.2) is 0 Å². The van der Waals surface area contributed by atoms with Crippen LogP contribution in [0.1, 0.15) is 22.3 Å². The molecular weight excluding hydrogens is 691 g/mol. The maximum absolute atomic E-state index is 5.27. The monoisotopic (exact) mass is 729 g/mol. The van der Waals surface area contributed by atoms with E-state index in [2.05, 4.69) is 204 Å². The Kier molecular flexibility index (Phi) is 8.81. The summed E-state index contributed by atoms with van der Waals surface area (Å²) >= 11 is 0. The molecule has 0 fully saturated rings. The van der Waals surface area contributed by atoms with Crippen LogP contribution in [-0.4, -0.2) is 17.0 Å². The summed E-state index contributed by atoms with van der Waals surface area (Å²) in [6.45, 7) is 4.66. The molecule has 0 radical (unpaired) electrons. The maximum atomic E-state index is 5.27. The van der Waals surface area contributed by atoms with E-state index in [1.807, 2.05) is 12.1 Å². The van der Waals surface area contributed by atoms with Crippen molar-refractivity contribution in [1.29, 1.82) is 0 Å².